The summed E-state index contributed by atoms with van der Waals surface area (Å²) in [5.74, 6) is -0.101. The fourth-order valence-corrected chi connectivity index (χ4v) is 2.29. The molecule has 0 saturated heterocycles. The molecule has 0 bridgehead atoms. The Hall–Kier alpha value is -2.22. The highest BCUT2D eigenvalue weighted by Crippen LogP contribution is 2.28. The number of benzene rings is 1. The number of nitrogens with zero attached hydrogens (tertiary/aromatic N) is 2. The molecule has 2 N–H and O–H groups in total. The number of nitrogens with one attached hydrogen (secondary N) is 2. The number of aromatic nitrogens is 2. The number of carbonyl (C=O) groups is 1. The van der Waals surface area contributed by atoms with Crippen molar-refractivity contribution in [2.45, 2.75) is 26.6 Å². The Kier molecular flexibility index (Phi) is 5.94. The molecule has 0 radical (unpaired) electrons. The van der Waals surface area contributed by atoms with Crippen molar-refractivity contribution in [1.29, 1.82) is 0 Å². The van der Waals surface area contributed by atoms with Gasteiger partial charge in [-0.15, -0.1) is 0 Å². The molecule has 1 atom stereocenters. The highest BCUT2D eigenvalue weighted by molar-refractivity contribution is 6.30. The zero-order valence-corrected chi connectivity index (χ0v) is 14.4. The lowest BCUT2D eigenvalue weighted by atomic mass is 10.2. The van der Waals surface area contributed by atoms with Crippen molar-refractivity contribution in [1.82, 2.24) is 15.1 Å². The molecule has 25 heavy (non-hydrogen) atoms. The number of halogens is 4. The number of hydrogen-bond acceptors (Lipinski definition) is 2. The van der Waals surface area contributed by atoms with E-state index in [-0.39, 0.29) is 12.5 Å². The molecule has 1 aromatic carbocycles. The zero-order chi connectivity index (χ0) is 18.6. The van der Waals surface area contributed by atoms with E-state index < -0.39 is 17.9 Å². The summed E-state index contributed by atoms with van der Waals surface area (Å²) in [4.78, 5) is 11.8. The first kappa shape index (κ1) is 19.1. The maximum Gasteiger partial charge on any atom is 0.435 e. The van der Waals surface area contributed by atoms with Crippen molar-refractivity contribution in [2.24, 2.45) is 5.92 Å². The maximum atomic E-state index is 12.7. The largest absolute Gasteiger partial charge is 0.435 e. The van der Waals surface area contributed by atoms with Gasteiger partial charge in [-0.1, -0.05) is 18.5 Å². The Bertz CT molecular complexity index is 728. The minimum Gasteiger partial charge on any atom is -0.338 e. The van der Waals surface area contributed by atoms with E-state index in [0.717, 1.165) is 6.07 Å². The molecule has 0 aliphatic heterocycles. The molecule has 0 fully saturated rings. The molecule has 2 amide bonds. The number of urea groups is 1. The molecular weight excluding hydrogens is 357 g/mol. The average Bonchev–Trinajstić information content (AvgIpc) is 2.89. The monoisotopic (exact) mass is 374 g/mol. The Morgan fingerprint density at radius 2 is 1.96 bits per heavy atom. The lowest BCUT2D eigenvalue weighted by Gasteiger charge is -2.14. The van der Waals surface area contributed by atoms with Crippen LogP contribution in [0.3, 0.4) is 0 Å². The Morgan fingerprint density at radius 1 is 1.32 bits per heavy atom. The number of rotatable bonds is 5. The number of hydrogen-bond donors (Lipinski definition) is 2. The molecule has 136 valence electrons. The lowest BCUT2D eigenvalue weighted by Crippen LogP contribution is -2.33. The summed E-state index contributed by atoms with van der Waals surface area (Å²) in [7, 11) is 0. The van der Waals surface area contributed by atoms with Crippen LogP contribution in [-0.4, -0.2) is 22.4 Å². The van der Waals surface area contributed by atoms with Gasteiger partial charge in [-0.2, -0.15) is 18.3 Å². The number of aryl methyl sites for hydroxylation is 1. The molecule has 5 nitrogen and oxygen atoms in total. The van der Waals surface area contributed by atoms with Gasteiger partial charge in [0, 0.05) is 29.5 Å². The van der Waals surface area contributed by atoms with Crippen LogP contribution < -0.4 is 10.6 Å². The molecule has 0 aliphatic rings. The Morgan fingerprint density at radius 3 is 2.52 bits per heavy atom. The maximum absolute atomic E-state index is 12.7. The zero-order valence-electron chi connectivity index (χ0n) is 13.7. The first-order valence-corrected chi connectivity index (χ1v) is 7.95. The van der Waals surface area contributed by atoms with Gasteiger partial charge in [-0.3, -0.25) is 4.68 Å². The summed E-state index contributed by atoms with van der Waals surface area (Å²) >= 11 is 5.76. The standard InChI is InChI=1S/C16H18ClF3N4O/c1-10(9-24-11(2)7-14(23-24)16(18,19)20)8-21-15(25)22-13-5-3-12(17)4-6-13/h3-7,10H,8-9H2,1-2H3,(H2,21,22,25)/t10-/m0/s1. The molecule has 1 heterocycles. The fourth-order valence-electron chi connectivity index (χ4n) is 2.17. The fraction of sp³-hybridized carbons (Fsp3) is 0.375. The van der Waals surface area contributed by atoms with Crippen molar-refractivity contribution in [3.8, 4) is 0 Å². The van der Waals surface area contributed by atoms with Crippen LogP contribution in [0.5, 0.6) is 0 Å². The summed E-state index contributed by atoms with van der Waals surface area (Å²) in [5.41, 5.74) is 0.0997. The molecule has 2 aromatic rings. The smallest absolute Gasteiger partial charge is 0.338 e. The van der Waals surface area contributed by atoms with Gasteiger partial charge in [0.1, 0.15) is 0 Å². The second kappa shape index (κ2) is 7.77. The van der Waals surface area contributed by atoms with E-state index in [9.17, 15) is 18.0 Å². The summed E-state index contributed by atoms with van der Waals surface area (Å²) in [6.45, 7) is 3.94. The van der Waals surface area contributed by atoms with Crippen molar-refractivity contribution in [3.63, 3.8) is 0 Å². The molecule has 9 heteroatoms. The first-order chi connectivity index (χ1) is 11.6. The van der Waals surface area contributed by atoms with Crippen LogP contribution in [0.4, 0.5) is 23.7 Å². The summed E-state index contributed by atoms with van der Waals surface area (Å²) in [6.07, 6.45) is -4.46. The van der Waals surface area contributed by atoms with Crippen LogP contribution in [0.2, 0.25) is 5.02 Å². The molecule has 0 spiro atoms. The van der Waals surface area contributed by atoms with Crippen LogP contribution in [0.15, 0.2) is 30.3 Å². The molecular formula is C16H18ClF3N4O. The molecule has 1 aromatic heterocycles. The third kappa shape index (κ3) is 5.67. The predicted molar refractivity (Wildman–Crippen MR) is 89.6 cm³/mol. The Labute approximate surface area is 148 Å². The highest BCUT2D eigenvalue weighted by Gasteiger charge is 2.34. The van der Waals surface area contributed by atoms with Crippen LogP contribution >= 0.6 is 11.6 Å². The summed E-state index contributed by atoms with van der Waals surface area (Å²) < 4.78 is 39.3. The number of anilines is 1. The number of alkyl halides is 3. The summed E-state index contributed by atoms with van der Waals surface area (Å²) in [6, 6.07) is 7.24. The van der Waals surface area contributed by atoms with Gasteiger partial charge in [0.15, 0.2) is 5.69 Å². The molecule has 0 saturated carbocycles. The third-order valence-electron chi connectivity index (χ3n) is 3.47. The number of amides is 2. The minimum absolute atomic E-state index is 0.101. The second-order valence-electron chi connectivity index (χ2n) is 5.80. The van der Waals surface area contributed by atoms with Crippen molar-refractivity contribution in [2.75, 3.05) is 11.9 Å². The van der Waals surface area contributed by atoms with Crippen molar-refractivity contribution in [3.05, 3.63) is 46.7 Å². The summed E-state index contributed by atoms with van der Waals surface area (Å²) in [5, 5.41) is 9.46. The first-order valence-electron chi connectivity index (χ1n) is 7.57. The number of carbonyl (C=O) groups excluding carboxylic acids is 1. The van der Waals surface area contributed by atoms with E-state index in [2.05, 4.69) is 15.7 Å². The van der Waals surface area contributed by atoms with E-state index in [4.69, 9.17) is 11.6 Å². The van der Waals surface area contributed by atoms with Crippen LogP contribution in [0.1, 0.15) is 18.3 Å². The van der Waals surface area contributed by atoms with Crippen LogP contribution in [-0.2, 0) is 12.7 Å². The molecule has 0 unspecified atom stereocenters. The van der Waals surface area contributed by atoms with Crippen LogP contribution in [0, 0.1) is 12.8 Å². The Balaban J connectivity index is 1.84. The highest BCUT2D eigenvalue weighted by atomic mass is 35.5. The van der Waals surface area contributed by atoms with E-state index in [1.165, 1.54) is 4.68 Å². The van der Waals surface area contributed by atoms with Gasteiger partial charge in [0.2, 0.25) is 0 Å². The minimum atomic E-state index is -4.46. The van der Waals surface area contributed by atoms with Gasteiger partial charge in [-0.25, -0.2) is 4.79 Å². The predicted octanol–water partition coefficient (Wildman–Crippen LogP) is 4.32. The SMILES string of the molecule is Cc1cc(C(F)(F)F)nn1C[C@@H](C)CNC(=O)Nc1ccc(Cl)cc1. The quantitative estimate of drug-likeness (QED) is 0.818. The average molecular weight is 375 g/mol. The molecule has 0 aliphatic carbocycles. The van der Waals surface area contributed by atoms with E-state index in [1.54, 1.807) is 31.2 Å². The van der Waals surface area contributed by atoms with E-state index >= 15 is 0 Å². The van der Waals surface area contributed by atoms with E-state index in [1.807, 2.05) is 6.92 Å². The van der Waals surface area contributed by atoms with Gasteiger partial charge < -0.3 is 10.6 Å². The van der Waals surface area contributed by atoms with Gasteiger partial charge in [-0.05, 0) is 43.2 Å². The normalized spacial score (nSPS) is 12.7. The van der Waals surface area contributed by atoms with Gasteiger partial charge in [0.05, 0.1) is 0 Å². The van der Waals surface area contributed by atoms with Crippen molar-refractivity contribution >= 4 is 23.3 Å². The van der Waals surface area contributed by atoms with Crippen molar-refractivity contribution < 1.29 is 18.0 Å². The third-order valence-corrected chi connectivity index (χ3v) is 3.72. The van der Waals surface area contributed by atoms with Gasteiger partial charge >= 0.3 is 12.2 Å². The lowest BCUT2D eigenvalue weighted by molar-refractivity contribution is -0.141. The van der Waals surface area contributed by atoms with Crippen LogP contribution in [0.25, 0.3) is 0 Å². The van der Waals surface area contributed by atoms with E-state index in [0.29, 0.717) is 22.9 Å². The molecule has 2 rings (SSSR count). The second-order valence-corrected chi connectivity index (χ2v) is 6.23. The van der Waals surface area contributed by atoms with Gasteiger partial charge in [0.25, 0.3) is 0 Å². The topological polar surface area (TPSA) is 59.0 Å².